The monoisotopic (exact) mass is 446 g/mol. The van der Waals surface area contributed by atoms with Gasteiger partial charge in [0.05, 0.1) is 29.1 Å². The first-order valence-corrected chi connectivity index (χ1v) is 11.2. The Kier molecular flexibility index (Phi) is 5.62. The molecule has 1 aliphatic carbocycles. The van der Waals surface area contributed by atoms with E-state index in [1.165, 1.54) is 5.56 Å². The molecule has 1 aliphatic rings. The third-order valence-corrected chi connectivity index (χ3v) is 6.56. The van der Waals surface area contributed by atoms with Gasteiger partial charge in [0.1, 0.15) is 5.69 Å². The van der Waals surface area contributed by atoms with Crippen LogP contribution >= 0.6 is 11.6 Å². The zero-order valence-corrected chi connectivity index (χ0v) is 18.2. The lowest BCUT2D eigenvalue weighted by Gasteiger charge is -2.28. The summed E-state index contributed by atoms with van der Waals surface area (Å²) in [6.07, 6.45) is 7.86. The van der Waals surface area contributed by atoms with Gasteiger partial charge < -0.3 is 10.1 Å². The van der Waals surface area contributed by atoms with Crippen LogP contribution in [-0.2, 0) is 4.79 Å². The van der Waals surface area contributed by atoms with Crippen molar-refractivity contribution in [2.24, 2.45) is 5.92 Å². The average molecular weight is 447 g/mol. The van der Waals surface area contributed by atoms with E-state index in [4.69, 9.17) is 16.7 Å². The number of carboxylic acids is 1. The quantitative estimate of drug-likeness (QED) is 0.387. The van der Waals surface area contributed by atoms with Crippen LogP contribution in [0.4, 0.5) is 0 Å². The lowest BCUT2D eigenvalue weighted by atomic mass is 9.77. The van der Waals surface area contributed by atoms with Crippen molar-refractivity contribution < 1.29 is 9.90 Å². The second kappa shape index (κ2) is 8.71. The van der Waals surface area contributed by atoms with Crippen LogP contribution in [0.1, 0.15) is 43.6 Å². The van der Waals surface area contributed by atoms with Crippen LogP contribution in [-0.4, -0.2) is 31.0 Å². The van der Waals surface area contributed by atoms with E-state index in [-0.39, 0.29) is 0 Å². The fourth-order valence-corrected chi connectivity index (χ4v) is 4.75. The molecule has 2 heterocycles. The van der Waals surface area contributed by atoms with E-state index >= 15 is 0 Å². The maximum absolute atomic E-state index is 10.9. The van der Waals surface area contributed by atoms with Crippen LogP contribution in [0.15, 0.2) is 54.9 Å². The molecule has 0 unspecified atom stereocenters. The number of hydrogen-bond donors (Lipinski definition) is 2. The van der Waals surface area contributed by atoms with E-state index in [1.807, 2.05) is 18.2 Å². The number of carboxylic acid groups (broad SMARTS) is 1. The number of hydrogen-bond acceptors (Lipinski definition) is 4. The molecule has 0 bridgehead atoms. The Morgan fingerprint density at radius 3 is 2.41 bits per heavy atom. The fraction of sp³-hybridized carbons (Fsp3) is 0.280. The Bertz CT molecular complexity index is 1240. The molecule has 7 heteroatoms. The molecule has 2 aromatic carbocycles. The molecule has 0 saturated heterocycles. The van der Waals surface area contributed by atoms with Gasteiger partial charge in [-0.15, -0.1) is 0 Å². The number of nitrogens with one attached hydrogen (secondary N) is 1. The molecule has 162 valence electrons. The largest absolute Gasteiger partial charge is 0.481 e. The molecule has 0 radical (unpaired) electrons. The third kappa shape index (κ3) is 4.36. The highest BCUT2D eigenvalue weighted by Crippen LogP contribution is 2.37. The zero-order valence-electron chi connectivity index (χ0n) is 17.5. The van der Waals surface area contributed by atoms with Crippen molar-refractivity contribution in [1.82, 2.24) is 19.9 Å². The summed E-state index contributed by atoms with van der Waals surface area (Å²) in [5.41, 5.74) is 5.52. The summed E-state index contributed by atoms with van der Waals surface area (Å²) in [6, 6.07) is 14.0. The standard InChI is InChI=1S/C25H23ClN4O2/c26-19-9-10-20-21(12-19)30-25(29-20)23-14-27-22(13-28-23)18-7-5-17(6-8-18)16-3-1-15(2-4-16)11-24(31)32/h5-10,12-16H,1-4,11H2,(H,29,30)(H,31,32). The Balaban J connectivity index is 1.27. The Morgan fingerprint density at radius 2 is 1.72 bits per heavy atom. The number of rotatable bonds is 5. The Hall–Kier alpha value is -3.25. The molecule has 5 rings (SSSR count). The molecule has 6 nitrogen and oxygen atoms in total. The van der Waals surface area contributed by atoms with Crippen LogP contribution in [0.25, 0.3) is 33.8 Å². The number of aliphatic carboxylic acids is 1. The van der Waals surface area contributed by atoms with E-state index in [9.17, 15) is 4.79 Å². The lowest BCUT2D eigenvalue weighted by Crippen LogP contribution is -2.16. The lowest BCUT2D eigenvalue weighted by molar-refractivity contribution is -0.138. The molecular formula is C25H23ClN4O2. The fourth-order valence-electron chi connectivity index (χ4n) is 4.58. The second-order valence-corrected chi connectivity index (χ2v) is 8.91. The average Bonchev–Trinajstić information content (AvgIpc) is 3.23. The molecule has 1 fully saturated rings. The molecule has 0 aliphatic heterocycles. The highest BCUT2D eigenvalue weighted by molar-refractivity contribution is 6.31. The van der Waals surface area contributed by atoms with Crippen LogP contribution in [0.3, 0.4) is 0 Å². The van der Waals surface area contributed by atoms with Gasteiger partial charge in [0, 0.05) is 17.0 Å². The van der Waals surface area contributed by atoms with Crippen molar-refractivity contribution in [1.29, 1.82) is 0 Å². The van der Waals surface area contributed by atoms with Crippen LogP contribution in [0.5, 0.6) is 0 Å². The number of halogens is 1. The molecule has 0 atom stereocenters. The van der Waals surface area contributed by atoms with Gasteiger partial charge in [-0.1, -0.05) is 35.9 Å². The van der Waals surface area contributed by atoms with Gasteiger partial charge in [-0.05, 0) is 61.3 Å². The maximum Gasteiger partial charge on any atom is 0.303 e. The van der Waals surface area contributed by atoms with Gasteiger partial charge in [-0.3, -0.25) is 9.78 Å². The van der Waals surface area contributed by atoms with E-state index in [0.29, 0.717) is 34.8 Å². The van der Waals surface area contributed by atoms with Crippen molar-refractivity contribution in [2.75, 3.05) is 0 Å². The minimum absolute atomic E-state index is 0.294. The highest BCUT2D eigenvalue weighted by atomic mass is 35.5. The molecule has 1 saturated carbocycles. The predicted molar refractivity (Wildman–Crippen MR) is 125 cm³/mol. The Labute approximate surface area is 190 Å². The normalized spacial score (nSPS) is 18.7. The van der Waals surface area contributed by atoms with Crippen molar-refractivity contribution in [3.8, 4) is 22.8 Å². The van der Waals surface area contributed by atoms with E-state index in [1.54, 1.807) is 12.4 Å². The van der Waals surface area contributed by atoms with Gasteiger partial charge in [-0.2, -0.15) is 0 Å². The summed E-state index contributed by atoms with van der Waals surface area (Å²) in [4.78, 5) is 27.9. The summed E-state index contributed by atoms with van der Waals surface area (Å²) in [6.45, 7) is 0. The SMILES string of the molecule is O=C(O)CC1CCC(c2ccc(-c3cnc(-c4nc5ccc(Cl)cc5[nH]4)cn3)cc2)CC1. The van der Waals surface area contributed by atoms with Crippen LogP contribution in [0, 0.1) is 5.92 Å². The number of benzene rings is 2. The molecule has 0 amide bonds. The van der Waals surface area contributed by atoms with Crippen LogP contribution < -0.4 is 0 Å². The zero-order chi connectivity index (χ0) is 22.1. The molecule has 2 N–H and O–H groups in total. The van der Waals surface area contributed by atoms with Gasteiger partial charge in [0.15, 0.2) is 5.82 Å². The first kappa shape index (κ1) is 20.6. The van der Waals surface area contributed by atoms with Gasteiger partial charge in [0.2, 0.25) is 0 Å². The minimum Gasteiger partial charge on any atom is -0.481 e. The number of aromatic amines is 1. The first-order chi connectivity index (χ1) is 15.5. The van der Waals surface area contributed by atoms with Gasteiger partial charge in [0.25, 0.3) is 0 Å². The number of aromatic nitrogens is 4. The van der Waals surface area contributed by atoms with E-state index in [2.05, 4.69) is 44.2 Å². The smallest absolute Gasteiger partial charge is 0.303 e. The van der Waals surface area contributed by atoms with Gasteiger partial charge in [-0.25, -0.2) is 9.97 Å². The third-order valence-electron chi connectivity index (χ3n) is 6.33. The minimum atomic E-state index is -0.686. The van der Waals surface area contributed by atoms with Crippen LogP contribution in [0.2, 0.25) is 5.02 Å². The molecule has 4 aromatic rings. The number of imidazole rings is 1. The molecule has 0 spiro atoms. The summed E-state index contributed by atoms with van der Waals surface area (Å²) in [5, 5.41) is 9.65. The Morgan fingerprint density at radius 1 is 1.00 bits per heavy atom. The number of nitrogens with zero attached hydrogens (tertiary/aromatic N) is 3. The number of fused-ring (bicyclic) bond motifs is 1. The number of H-pyrrole nitrogens is 1. The number of carbonyl (C=O) groups is 1. The van der Waals surface area contributed by atoms with Crippen molar-refractivity contribution >= 4 is 28.6 Å². The summed E-state index contributed by atoms with van der Waals surface area (Å²) >= 11 is 6.05. The summed E-state index contributed by atoms with van der Waals surface area (Å²) in [5.74, 6) is 0.800. The summed E-state index contributed by atoms with van der Waals surface area (Å²) < 4.78 is 0. The van der Waals surface area contributed by atoms with Crippen molar-refractivity contribution in [2.45, 2.75) is 38.0 Å². The summed E-state index contributed by atoms with van der Waals surface area (Å²) in [7, 11) is 0. The van der Waals surface area contributed by atoms with Crippen molar-refractivity contribution in [3.63, 3.8) is 0 Å². The van der Waals surface area contributed by atoms with Gasteiger partial charge >= 0.3 is 5.97 Å². The topological polar surface area (TPSA) is 91.8 Å². The molecule has 32 heavy (non-hydrogen) atoms. The molecule has 2 aromatic heterocycles. The van der Waals surface area contributed by atoms with Crippen molar-refractivity contribution in [3.05, 3.63) is 65.4 Å². The predicted octanol–water partition coefficient (Wildman–Crippen LogP) is 6.09. The maximum atomic E-state index is 10.9. The highest BCUT2D eigenvalue weighted by Gasteiger charge is 2.24. The second-order valence-electron chi connectivity index (χ2n) is 8.47. The van der Waals surface area contributed by atoms with E-state index < -0.39 is 5.97 Å². The molecular weight excluding hydrogens is 424 g/mol. The van der Waals surface area contributed by atoms with E-state index in [0.717, 1.165) is 48.0 Å². The first-order valence-electron chi connectivity index (χ1n) is 10.8.